The van der Waals surface area contributed by atoms with Crippen LogP contribution in [0.25, 0.3) is 0 Å². The molecule has 0 bridgehead atoms. The van der Waals surface area contributed by atoms with E-state index in [2.05, 4.69) is 48.0 Å². The first-order chi connectivity index (χ1) is 9.56. The van der Waals surface area contributed by atoms with Gasteiger partial charge in [-0.3, -0.25) is 0 Å². The van der Waals surface area contributed by atoms with Crippen LogP contribution in [0.5, 0.6) is 0 Å². The van der Waals surface area contributed by atoms with Crippen LogP contribution in [0.4, 0.5) is 0 Å². The van der Waals surface area contributed by atoms with Crippen LogP contribution in [-0.2, 0) is 12.8 Å². The third kappa shape index (κ3) is 3.13. The topological polar surface area (TPSA) is 20.2 Å². The summed E-state index contributed by atoms with van der Waals surface area (Å²) in [7, 11) is 0. The first-order valence-corrected chi connectivity index (χ1v) is 7.91. The third-order valence-corrected chi connectivity index (χ3v) is 4.32. The first-order valence-electron chi connectivity index (χ1n) is 7.12. The number of benzene rings is 2. The lowest BCUT2D eigenvalue weighted by Gasteiger charge is -2.19. The fourth-order valence-corrected chi connectivity index (χ4v) is 2.89. The van der Waals surface area contributed by atoms with Crippen LogP contribution < -0.4 is 0 Å². The molecule has 2 rings (SSSR count). The van der Waals surface area contributed by atoms with E-state index >= 15 is 0 Å². The predicted molar refractivity (Wildman–Crippen MR) is 88.1 cm³/mol. The highest BCUT2D eigenvalue weighted by molar-refractivity contribution is 9.10. The molecule has 0 fully saturated rings. The zero-order valence-electron chi connectivity index (χ0n) is 12.3. The Bertz CT molecular complexity index is 604. The van der Waals surface area contributed by atoms with Crippen molar-refractivity contribution in [3.63, 3.8) is 0 Å². The molecular formula is C18H21BrO. The van der Waals surface area contributed by atoms with Crippen LogP contribution >= 0.6 is 15.9 Å². The van der Waals surface area contributed by atoms with E-state index in [-0.39, 0.29) is 0 Å². The summed E-state index contributed by atoms with van der Waals surface area (Å²) in [6, 6.07) is 12.5. The highest BCUT2D eigenvalue weighted by Gasteiger charge is 2.16. The van der Waals surface area contributed by atoms with Crippen molar-refractivity contribution in [3.8, 4) is 0 Å². The Balaban J connectivity index is 2.51. The van der Waals surface area contributed by atoms with E-state index < -0.39 is 6.10 Å². The zero-order chi connectivity index (χ0) is 14.7. The Kier molecular flexibility index (Phi) is 5.00. The van der Waals surface area contributed by atoms with E-state index in [0.29, 0.717) is 0 Å². The van der Waals surface area contributed by atoms with E-state index in [0.717, 1.165) is 34.0 Å². The largest absolute Gasteiger partial charge is 0.384 e. The molecule has 0 aliphatic heterocycles. The number of rotatable bonds is 4. The van der Waals surface area contributed by atoms with E-state index in [1.54, 1.807) is 0 Å². The summed E-state index contributed by atoms with van der Waals surface area (Å²) in [6.45, 7) is 6.31. The molecule has 2 heteroatoms. The van der Waals surface area contributed by atoms with Crippen molar-refractivity contribution in [1.82, 2.24) is 0 Å². The molecule has 1 N–H and O–H groups in total. The number of aliphatic hydroxyl groups excluding tert-OH is 1. The molecule has 1 nitrogen and oxygen atoms in total. The zero-order valence-corrected chi connectivity index (χ0v) is 13.9. The summed E-state index contributed by atoms with van der Waals surface area (Å²) in [5.74, 6) is 0. The minimum Gasteiger partial charge on any atom is -0.384 e. The van der Waals surface area contributed by atoms with Gasteiger partial charge in [0.25, 0.3) is 0 Å². The molecule has 2 aromatic carbocycles. The van der Waals surface area contributed by atoms with Gasteiger partial charge in [0.2, 0.25) is 0 Å². The molecular weight excluding hydrogens is 312 g/mol. The van der Waals surface area contributed by atoms with Crippen LogP contribution in [0.15, 0.2) is 40.9 Å². The summed E-state index contributed by atoms with van der Waals surface area (Å²) in [5.41, 5.74) is 5.61. The average Bonchev–Trinajstić information content (AvgIpc) is 2.48. The van der Waals surface area contributed by atoms with Gasteiger partial charge in [-0.1, -0.05) is 54.0 Å². The van der Waals surface area contributed by atoms with E-state index in [4.69, 9.17) is 0 Å². The van der Waals surface area contributed by atoms with Crippen LogP contribution in [0.1, 0.15) is 47.8 Å². The molecule has 1 atom stereocenters. The van der Waals surface area contributed by atoms with E-state index in [1.807, 2.05) is 25.1 Å². The Morgan fingerprint density at radius 2 is 1.75 bits per heavy atom. The smallest absolute Gasteiger partial charge is 0.105 e. The SMILES string of the molecule is CCc1ccc(CC)c(C(O)c2cc(Br)ccc2C)c1. The molecule has 0 aromatic heterocycles. The lowest BCUT2D eigenvalue weighted by molar-refractivity contribution is 0.218. The minimum absolute atomic E-state index is 0.561. The predicted octanol–water partition coefficient (Wildman–Crippen LogP) is 4.96. The number of hydrogen-bond acceptors (Lipinski definition) is 1. The molecule has 0 saturated heterocycles. The number of aliphatic hydroxyl groups is 1. The van der Waals surface area contributed by atoms with Crippen molar-refractivity contribution < 1.29 is 5.11 Å². The summed E-state index contributed by atoms with van der Waals surface area (Å²) < 4.78 is 1.00. The number of hydrogen-bond donors (Lipinski definition) is 1. The molecule has 0 aliphatic rings. The van der Waals surface area contributed by atoms with Crippen molar-refractivity contribution in [2.75, 3.05) is 0 Å². The van der Waals surface area contributed by atoms with Gasteiger partial charge in [0.15, 0.2) is 0 Å². The van der Waals surface area contributed by atoms with Gasteiger partial charge >= 0.3 is 0 Å². The summed E-state index contributed by atoms with van der Waals surface area (Å²) in [4.78, 5) is 0. The molecule has 0 amide bonds. The van der Waals surface area contributed by atoms with Crippen LogP contribution in [-0.4, -0.2) is 5.11 Å². The fraction of sp³-hybridized carbons (Fsp3) is 0.333. The Labute approximate surface area is 129 Å². The number of aryl methyl sites for hydroxylation is 3. The van der Waals surface area contributed by atoms with Gasteiger partial charge < -0.3 is 5.11 Å². The quantitative estimate of drug-likeness (QED) is 0.838. The monoisotopic (exact) mass is 332 g/mol. The molecule has 0 spiro atoms. The molecule has 0 heterocycles. The van der Waals surface area contributed by atoms with Crippen molar-refractivity contribution in [3.05, 3.63) is 68.7 Å². The summed E-state index contributed by atoms with van der Waals surface area (Å²) >= 11 is 3.49. The Hall–Kier alpha value is -1.12. The van der Waals surface area contributed by atoms with E-state index in [9.17, 15) is 5.11 Å². The van der Waals surface area contributed by atoms with Crippen LogP contribution in [0, 0.1) is 6.92 Å². The van der Waals surface area contributed by atoms with Gasteiger partial charge in [0.1, 0.15) is 6.10 Å². The van der Waals surface area contributed by atoms with Crippen LogP contribution in [0.2, 0.25) is 0 Å². The molecule has 1 unspecified atom stereocenters. The third-order valence-electron chi connectivity index (χ3n) is 3.83. The molecule has 0 saturated carbocycles. The second kappa shape index (κ2) is 6.55. The minimum atomic E-state index is -0.561. The van der Waals surface area contributed by atoms with Gasteiger partial charge in [-0.15, -0.1) is 0 Å². The summed E-state index contributed by atoms with van der Waals surface area (Å²) in [5, 5.41) is 10.8. The highest BCUT2D eigenvalue weighted by atomic mass is 79.9. The lowest BCUT2D eigenvalue weighted by atomic mass is 9.91. The number of halogens is 1. The molecule has 2 aromatic rings. The maximum Gasteiger partial charge on any atom is 0.105 e. The van der Waals surface area contributed by atoms with Crippen molar-refractivity contribution >= 4 is 15.9 Å². The molecule has 0 aliphatic carbocycles. The normalized spacial score (nSPS) is 12.4. The van der Waals surface area contributed by atoms with E-state index in [1.165, 1.54) is 11.1 Å². The van der Waals surface area contributed by atoms with Gasteiger partial charge in [-0.25, -0.2) is 0 Å². The Morgan fingerprint density at radius 3 is 2.40 bits per heavy atom. The first kappa shape index (κ1) is 15.3. The fourth-order valence-electron chi connectivity index (χ4n) is 2.51. The molecule has 106 valence electrons. The van der Waals surface area contributed by atoms with Gasteiger partial charge in [0, 0.05) is 4.47 Å². The lowest BCUT2D eigenvalue weighted by Crippen LogP contribution is -2.06. The standard InChI is InChI=1S/C18H21BrO/c1-4-13-7-8-14(5-2)17(10-13)18(20)16-11-15(19)9-6-12(16)3/h6-11,18,20H,4-5H2,1-3H3. The summed E-state index contributed by atoms with van der Waals surface area (Å²) in [6.07, 6.45) is 1.36. The van der Waals surface area contributed by atoms with Crippen molar-refractivity contribution in [1.29, 1.82) is 0 Å². The van der Waals surface area contributed by atoms with Gasteiger partial charge in [0.05, 0.1) is 0 Å². The maximum atomic E-state index is 10.8. The second-order valence-electron chi connectivity index (χ2n) is 5.14. The van der Waals surface area contributed by atoms with Gasteiger partial charge in [-0.2, -0.15) is 0 Å². The second-order valence-corrected chi connectivity index (χ2v) is 6.06. The highest BCUT2D eigenvalue weighted by Crippen LogP contribution is 2.30. The molecule has 20 heavy (non-hydrogen) atoms. The van der Waals surface area contributed by atoms with Crippen molar-refractivity contribution in [2.45, 2.75) is 39.7 Å². The van der Waals surface area contributed by atoms with Gasteiger partial charge in [-0.05, 0) is 59.7 Å². The Morgan fingerprint density at radius 1 is 1.00 bits per heavy atom. The average molecular weight is 333 g/mol. The molecule has 0 radical (unpaired) electrons. The maximum absolute atomic E-state index is 10.8. The van der Waals surface area contributed by atoms with Crippen LogP contribution in [0.3, 0.4) is 0 Å². The van der Waals surface area contributed by atoms with Crippen molar-refractivity contribution in [2.24, 2.45) is 0 Å².